The molecule has 6 heteroatoms. The summed E-state index contributed by atoms with van der Waals surface area (Å²) in [6, 6.07) is 6.89. The van der Waals surface area contributed by atoms with Crippen molar-refractivity contribution in [3.05, 3.63) is 59.3 Å². The third-order valence-corrected chi connectivity index (χ3v) is 4.31. The van der Waals surface area contributed by atoms with Crippen LogP contribution in [-0.2, 0) is 6.42 Å². The molecule has 2 aromatic rings. The van der Waals surface area contributed by atoms with E-state index < -0.39 is 11.6 Å². The largest absolute Gasteiger partial charge is 0.356 e. The van der Waals surface area contributed by atoms with Crippen LogP contribution in [0.2, 0.25) is 0 Å². The second kappa shape index (κ2) is 8.05. The van der Waals surface area contributed by atoms with Crippen LogP contribution in [0.25, 0.3) is 0 Å². The number of benzene rings is 1. The van der Waals surface area contributed by atoms with Gasteiger partial charge in [0.05, 0.1) is 5.56 Å². The zero-order valence-electron chi connectivity index (χ0n) is 14.0. The van der Waals surface area contributed by atoms with Crippen molar-refractivity contribution in [3.63, 3.8) is 0 Å². The molecule has 1 saturated heterocycles. The second-order valence-electron chi connectivity index (χ2n) is 6.21. The van der Waals surface area contributed by atoms with E-state index in [-0.39, 0.29) is 5.91 Å². The van der Waals surface area contributed by atoms with E-state index in [1.165, 1.54) is 18.6 Å². The molecule has 0 unspecified atom stereocenters. The molecule has 0 atom stereocenters. The van der Waals surface area contributed by atoms with Gasteiger partial charge >= 0.3 is 0 Å². The Labute approximate surface area is 145 Å². The molecular weight excluding hydrogens is 324 g/mol. The molecule has 0 spiro atoms. The third-order valence-electron chi connectivity index (χ3n) is 4.31. The highest BCUT2D eigenvalue weighted by molar-refractivity contribution is 5.98. The molecule has 2 heterocycles. The van der Waals surface area contributed by atoms with Crippen LogP contribution in [0, 0.1) is 11.6 Å². The quantitative estimate of drug-likeness (QED) is 0.904. The summed E-state index contributed by atoms with van der Waals surface area (Å²) in [5, 5.41) is 2.82. The van der Waals surface area contributed by atoms with Gasteiger partial charge in [0.15, 0.2) is 0 Å². The average Bonchev–Trinajstić information content (AvgIpc) is 2.61. The molecule has 1 aliphatic heterocycles. The van der Waals surface area contributed by atoms with Crippen molar-refractivity contribution in [1.29, 1.82) is 0 Å². The van der Waals surface area contributed by atoms with Gasteiger partial charge in [-0.1, -0.05) is 0 Å². The van der Waals surface area contributed by atoms with Crippen LogP contribution in [-0.4, -0.2) is 30.5 Å². The maximum absolute atomic E-state index is 13.2. The molecule has 0 saturated carbocycles. The van der Waals surface area contributed by atoms with Crippen molar-refractivity contribution in [1.82, 2.24) is 10.3 Å². The van der Waals surface area contributed by atoms with E-state index in [2.05, 4.69) is 15.2 Å². The van der Waals surface area contributed by atoms with Gasteiger partial charge < -0.3 is 10.2 Å². The summed E-state index contributed by atoms with van der Waals surface area (Å²) in [5.41, 5.74) is 1.05. The van der Waals surface area contributed by atoms with Crippen molar-refractivity contribution in [2.45, 2.75) is 25.7 Å². The number of carbonyl (C=O) groups is 1. The minimum atomic E-state index is -0.610. The summed E-state index contributed by atoms with van der Waals surface area (Å²) in [6.45, 7) is 2.11. The minimum Gasteiger partial charge on any atom is -0.356 e. The number of pyridine rings is 1. The van der Waals surface area contributed by atoms with Gasteiger partial charge in [0.25, 0.3) is 5.91 Å². The first-order valence-corrected chi connectivity index (χ1v) is 8.56. The number of aromatic nitrogens is 1. The summed E-state index contributed by atoms with van der Waals surface area (Å²) in [5.74, 6) is -0.732. The highest BCUT2D eigenvalue weighted by Gasteiger charge is 2.19. The maximum atomic E-state index is 13.2. The van der Waals surface area contributed by atoms with E-state index in [4.69, 9.17) is 0 Å². The molecule has 0 radical (unpaired) electrons. The van der Waals surface area contributed by atoms with Crippen LogP contribution < -0.4 is 10.2 Å². The highest BCUT2D eigenvalue weighted by atomic mass is 19.1. The topological polar surface area (TPSA) is 45.2 Å². The molecule has 0 aliphatic carbocycles. The van der Waals surface area contributed by atoms with Crippen LogP contribution in [0.3, 0.4) is 0 Å². The van der Waals surface area contributed by atoms with Crippen molar-refractivity contribution in [2.24, 2.45) is 0 Å². The van der Waals surface area contributed by atoms with E-state index in [1.807, 2.05) is 0 Å². The fraction of sp³-hybridized carbons (Fsp3) is 0.368. The molecule has 1 amide bonds. The molecule has 25 heavy (non-hydrogen) atoms. The Balaban J connectivity index is 1.63. The first kappa shape index (κ1) is 17.3. The van der Waals surface area contributed by atoms with Gasteiger partial charge in [-0.25, -0.2) is 13.8 Å². The predicted octanol–water partition coefficient (Wildman–Crippen LogP) is 3.32. The van der Waals surface area contributed by atoms with Crippen molar-refractivity contribution < 1.29 is 13.6 Å². The summed E-state index contributed by atoms with van der Waals surface area (Å²) < 4.78 is 26.4. The van der Waals surface area contributed by atoms with E-state index in [0.29, 0.717) is 29.9 Å². The first-order chi connectivity index (χ1) is 12.1. The molecule has 3 rings (SSSR count). The number of hydrogen-bond donors (Lipinski definition) is 1. The molecular formula is C19H21F2N3O. The van der Waals surface area contributed by atoms with Crippen molar-refractivity contribution in [2.75, 3.05) is 24.5 Å². The van der Waals surface area contributed by atoms with Gasteiger partial charge in [0.2, 0.25) is 0 Å². The second-order valence-corrected chi connectivity index (χ2v) is 6.21. The number of hydrogen-bond acceptors (Lipinski definition) is 3. The number of anilines is 1. The number of nitrogens with one attached hydrogen (secondary N) is 1. The Morgan fingerprint density at radius 1 is 1.12 bits per heavy atom. The highest BCUT2D eigenvalue weighted by Crippen LogP contribution is 2.21. The summed E-state index contributed by atoms with van der Waals surface area (Å²) in [4.78, 5) is 19.0. The lowest BCUT2D eigenvalue weighted by Gasteiger charge is -2.29. The number of halogens is 2. The van der Waals surface area contributed by atoms with Gasteiger partial charge in [0, 0.05) is 31.9 Å². The van der Waals surface area contributed by atoms with Gasteiger partial charge in [-0.15, -0.1) is 0 Å². The Bertz CT molecular complexity index is 725. The molecule has 1 aliphatic rings. The zero-order valence-corrected chi connectivity index (χ0v) is 14.0. The Hall–Kier alpha value is -2.50. The fourth-order valence-corrected chi connectivity index (χ4v) is 3.10. The Kier molecular flexibility index (Phi) is 5.58. The summed E-state index contributed by atoms with van der Waals surface area (Å²) in [7, 11) is 0. The molecule has 1 aromatic heterocycles. The zero-order chi connectivity index (χ0) is 17.6. The van der Waals surface area contributed by atoms with Crippen molar-refractivity contribution >= 4 is 11.7 Å². The standard InChI is InChI=1S/C19H21F2N3O/c20-15-11-14(12-16(21)13-15)6-8-23-19(25)17-5-4-7-22-18(17)24-9-2-1-3-10-24/h4-5,7,11-13H,1-3,6,8-10H2,(H,23,25). The number of nitrogens with zero attached hydrogens (tertiary/aromatic N) is 2. The molecule has 132 valence electrons. The van der Waals surface area contributed by atoms with E-state index >= 15 is 0 Å². The number of piperidine rings is 1. The van der Waals surface area contributed by atoms with E-state index in [9.17, 15) is 13.6 Å². The van der Waals surface area contributed by atoms with Gasteiger partial charge in [-0.05, 0) is 55.5 Å². The summed E-state index contributed by atoms with van der Waals surface area (Å²) >= 11 is 0. The number of carbonyl (C=O) groups excluding carboxylic acids is 1. The lowest BCUT2D eigenvalue weighted by Crippen LogP contribution is -2.34. The van der Waals surface area contributed by atoms with Crippen LogP contribution in [0.4, 0.5) is 14.6 Å². The lowest BCUT2D eigenvalue weighted by molar-refractivity contribution is 0.0954. The van der Waals surface area contributed by atoms with E-state index in [1.54, 1.807) is 18.3 Å². The van der Waals surface area contributed by atoms with Crippen LogP contribution in [0.5, 0.6) is 0 Å². The predicted molar refractivity (Wildman–Crippen MR) is 92.7 cm³/mol. The molecule has 4 nitrogen and oxygen atoms in total. The average molecular weight is 345 g/mol. The Morgan fingerprint density at radius 3 is 2.56 bits per heavy atom. The third kappa shape index (κ3) is 4.53. The van der Waals surface area contributed by atoms with Crippen LogP contribution in [0.15, 0.2) is 36.5 Å². The van der Waals surface area contributed by atoms with Gasteiger partial charge in [0.1, 0.15) is 17.5 Å². The molecule has 0 bridgehead atoms. The fourth-order valence-electron chi connectivity index (χ4n) is 3.10. The SMILES string of the molecule is O=C(NCCc1cc(F)cc(F)c1)c1cccnc1N1CCCCC1. The van der Waals surface area contributed by atoms with E-state index in [0.717, 1.165) is 32.0 Å². The first-order valence-electron chi connectivity index (χ1n) is 8.56. The van der Waals surface area contributed by atoms with Gasteiger partial charge in [-0.3, -0.25) is 4.79 Å². The molecule has 1 aromatic carbocycles. The van der Waals surface area contributed by atoms with Crippen LogP contribution >= 0.6 is 0 Å². The smallest absolute Gasteiger partial charge is 0.255 e. The summed E-state index contributed by atoms with van der Waals surface area (Å²) in [6.07, 6.45) is 5.45. The number of amides is 1. The maximum Gasteiger partial charge on any atom is 0.255 e. The van der Waals surface area contributed by atoms with Crippen molar-refractivity contribution in [3.8, 4) is 0 Å². The van der Waals surface area contributed by atoms with Gasteiger partial charge in [-0.2, -0.15) is 0 Å². The van der Waals surface area contributed by atoms with Crippen LogP contribution in [0.1, 0.15) is 35.2 Å². The monoisotopic (exact) mass is 345 g/mol. The normalized spacial score (nSPS) is 14.4. The minimum absolute atomic E-state index is 0.217. The molecule has 1 fully saturated rings. The lowest BCUT2D eigenvalue weighted by atomic mass is 10.1. The number of rotatable bonds is 5. The molecule has 1 N–H and O–H groups in total. The Morgan fingerprint density at radius 2 is 1.84 bits per heavy atom.